The molecule has 25 heavy (non-hydrogen) atoms. The van der Waals surface area contributed by atoms with Crippen molar-refractivity contribution in [3.8, 4) is 5.75 Å². The standard InChI is InChI=1S/C18H19N5O2/c1-11-2-7-14(24)10-15(11)22-16-8-9-20-18(23-16)21-13-5-3-12(4-6-13)17(19)25/h2-10,17,24-25H,19H2,1H3,(H2,20,21,22,23). The van der Waals surface area contributed by atoms with Crippen molar-refractivity contribution in [2.75, 3.05) is 10.6 Å². The molecule has 7 nitrogen and oxygen atoms in total. The Kier molecular flexibility index (Phi) is 4.78. The molecule has 0 aliphatic heterocycles. The van der Waals surface area contributed by atoms with Crippen LogP contribution in [0.15, 0.2) is 54.7 Å². The Hall–Kier alpha value is -3.16. The molecule has 3 rings (SSSR count). The Bertz CT molecular complexity index is 866. The van der Waals surface area contributed by atoms with Gasteiger partial charge in [-0.3, -0.25) is 0 Å². The summed E-state index contributed by atoms with van der Waals surface area (Å²) in [4.78, 5) is 8.59. The quantitative estimate of drug-likeness (QED) is 0.454. The van der Waals surface area contributed by atoms with Crippen molar-refractivity contribution in [2.24, 2.45) is 5.73 Å². The van der Waals surface area contributed by atoms with E-state index in [1.807, 2.05) is 13.0 Å². The first kappa shape index (κ1) is 16.7. The SMILES string of the molecule is Cc1ccc(O)cc1Nc1ccnc(Nc2ccc(C(N)O)cc2)n1. The molecule has 0 bridgehead atoms. The van der Waals surface area contributed by atoms with Crippen LogP contribution >= 0.6 is 0 Å². The fourth-order valence-electron chi connectivity index (χ4n) is 2.26. The summed E-state index contributed by atoms with van der Waals surface area (Å²) in [6.07, 6.45) is 0.636. The van der Waals surface area contributed by atoms with Crippen LogP contribution in [0, 0.1) is 6.92 Å². The Morgan fingerprint density at radius 3 is 2.52 bits per heavy atom. The maximum Gasteiger partial charge on any atom is 0.229 e. The third-order valence-electron chi connectivity index (χ3n) is 3.65. The summed E-state index contributed by atoms with van der Waals surface area (Å²) in [7, 11) is 0. The average Bonchev–Trinajstić information content (AvgIpc) is 2.59. The number of phenolic OH excluding ortho intramolecular Hbond substituents is 1. The van der Waals surface area contributed by atoms with Gasteiger partial charge in [-0.25, -0.2) is 4.98 Å². The predicted molar refractivity (Wildman–Crippen MR) is 97.0 cm³/mol. The van der Waals surface area contributed by atoms with Gasteiger partial charge in [-0.05, 0) is 42.3 Å². The number of anilines is 4. The van der Waals surface area contributed by atoms with Gasteiger partial charge in [0.15, 0.2) is 0 Å². The Balaban J connectivity index is 1.76. The van der Waals surface area contributed by atoms with E-state index in [2.05, 4.69) is 20.6 Å². The highest BCUT2D eigenvalue weighted by molar-refractivity contribution is 5.63. The maximum atomic E-state index is 9.61. The molecule has 3 aromatic rings. The van der Waals surface area contributed by atoms with E-state index in [-0.39, 0.29) is 5.75 Å². The molecular weight excluding hydrogens is 318 g/mol. The van der Waals surface area contributed by atoms with Crippen LogP contribution in [0.1, 0.15) is 17.4 Å². The molecule has 0 aliphatic rings. The number of aliphatic hydroxyl groups excluding tert-OH is 1. The van der Waals surface area contributed by atoms with E-state index in [0.717, 1.165) is 16.9 Å². The van der Waals surface area contributed by atoms with Crippen LogP contribution in [0.25, 0.3) is 0 Å². The summed E-state index contributed by atoms with van der Waals surface area (Å²) in [5.74, 6) is 1.20. The largest absolute Gasteiger partial charge is 0.508 e. The van der Waals surface area contributed by atoms with Gasteiger partial charge in [0.2, 0.25) is 5.95 Å². The summed E-state index contributed by atoms with van der Waals surface area (Å²) >= 11 is 0. The van der Waals surface area contributed by atoms with Crippen molar-refractivity contribution in [1.82, 2.24) is 9.97 Å². The lowest BCUT2D eigenvalue weighted by Crippen LogP contribution is -2.08. The highest BCUT2D eigenvalue weighted by atomic mass is 16.3. The van der Waals surface area contributed by atoms with E-state index in [0.29, 0.717) is 17.3 Å². The van der Waals surface area contributed by atoms with Crippen LogP contribution in [0.5, 0.6) is 5.75 Å². The number of aliphatic hydroxyl groups is 1. The second kappa shape index (κ2) is 7.16. The first-order valence-corrected chi connectivity index (χ1v) is 7.71. The minimum atomic E-state index is -0.997. The van der Waals surface area contributed by atoms with Crippen LogP contribution in [-0.2, 0) is 0 Å². The predicted octanol–water partition coefficient (Wildman–Crippen LogP) is 2.93. The van der Waals surface area contributed by atoms with Crippen LogP contribution in [0.2, 0.25) is 0 Å². The van der Waals surface area contributed by atoms with E-state index < -0.39 is 6.23 Å². The monoisotopic (exact) mass is 337 g/mol. The first-order valence-electron chi connectivity index (χ1n) is 7.71. The van der Waals surface area contributed by atoms with Crippen molar-refractivity contribution < 1.29 is 10.2 Å². The fraction of sp³-hybridized carbons (Fsp3) is 0.111. The van der Waals surface area contributed by atoms with Gasteiger partial charge < -0.3 is 26.6 Å². The molecule has 1 unspecified atom stereocenters. The van der Waals surface area contributed by atoms with Crippen LogP contribution in [-0.4, -0.2) is 20.2 Å². The van der Waals surface area contributed by atoms with Gasteiger partial charge in [0.1, 0.15) is 17.8 Å². The molecule has 0 amide bonds. The molecule has 0 radical (unpaired) electrons. The summed E-state index contributed by atoms with van der Waals surface area (Å²) in [5, 5.41) is 25.2. The zero-order chi connectivity index (χ0) is 17.8. The maximum absolute atomic E-state index is 9.61. The molecule has 1 aromatic heterocycles. The summed E-state index contributed by atoms with van der Waals surface area (Å²) in [6, 6.07) is 13.9. The number of nitrogens with one attached hydrogen (secondary N) is 2. The molecule has 128 valence electrons. The minimum absolute atomic E-state index is 0.183. The van der Waals surface area contributed by atoms with Crippen molar-refractivity contribution in [2.45, 2.75) is 13.2 Å². The number of rotatable bonds is 5. The average molecular weight is 337 g/mol. The van der Waals surface area contributed by atoms with E-state index in [1.165, 1.54) is 0 Å². The topological polar surface area (TPSA) is 116 Å². The number of hydrogen-bond acceptors (Lipinski definition) is 7. The van der Waals surface area contributed by atoms with Crippen LogP contribution in [0.3, 0.4) is 0 Å². The molecule has 2 aromatic carbocycles. The molecule has 0 fully saturated rings. The Labute approximate surface area is 145 Å². The second-order valence-corrected chi connectivity index (χ2v) is 5.58. The molecule has 0 spiro atoms. The van der Waals surface area contributed by atoms with Crippen molar-refractivity contribution in [1.29, 1.82) is 0 Å². The number of aromatic hydroxyl groups is 1. The van der Waals surface area contributed by atoms with Crippen LogP contribution in [0.4, 0.5) is 23.1 Å². The molecule has 0 aliphatic carbocycles. The van der Waals surface area contributed by atoms with E-state index in [9.17, 15) is 10.2 Å². The molecular formula is C18H19N5O2. The van der Waals surface area contributed by atoms with Crippen LogP contribution < -0.4 is 16.4 Å². The second-order valence-electron chi connectivity index (χ2n) is 5.58. The van der Waals surface area contributed by atoms with E-state index in [4.69, 9.17) is 5.73 Å². The number of aromatic nitrogens is 2. The lowest BCUT2D eigenvalue weighted by molar-refractivity contribution is 0.186. The van der Waals surface area contributed by atoms with E-state index >= 15 is 0 Å². The van der Waals surface area contributed by atoms with Crippen molar-refractivity contribution in [3.63, 3.8) is 0 Å². The Morgan fingerprint density at radius 1 is 1.04 bits per heavy atom. The zero-order valence-electron chi connectivity index (χ0n) is 13.6. The van der Waals surface area contributed by atoms with Crippen molar-refractivity contribution >= 4 is 23.1 Å². The normalized spacial score (nSPS) is 11.8. The molecule has 1 atom stereocenters. The van der Waals surface area contributed by atoms with Gasteiger partial charge in [0.25, 0.3) is 0 Å². The first-order chi connectivity index (χ1) is 12.0. The van der Waals surface area contributed by atoms with Gasteiger partial charge in [0.05, 0.1) is 0 Å². The number of benzene rings is 2. The lowest BCUT2D eigenvalue weighted by Gasteiger charge is -2.11. The summed E-state index contributed by atoms with van der Waals surface area (Å²) in [6.45, 7) is 1.94. The minimum Gasteiger partial charge on any atom is -0.508 e. The third-order valence-corrected chi connectivity index (χ3v) is 3.65. The lowest BCUT2D eigenvalue weighted by atomic mass is 10.2. The number of aryl methyl sites for hydroxylation is 1. The summed E-state index contributed by atoms with van der Waals surface area (Å²) in [5.41, 5.74) is 8.57. The smallest absolute Gasteiger partial charge is 0.229 e. The Morgan fingerprint density at radius 2 is 1.80 bits per heavy atom. The zero-order valence-corrected chi connectivity index (χ0v) is 13.6. The molecule has 0 saturated carbocycles. The highest BCUT2D eigenvalue weighted by Gasteiger charge is 2.05. The van der Waals surface area contributed by atoms with Gasteiger partial charge in [-0.2, -0.15) is 4.98 Å². The molecule has 7 heteroatoms. The van der Waals surface area contributed by atoms with Gasteiger partial charge in [-0.1, -0.05) is 18.2 Å². The fourth-order valence-corrected chi connectivity index (χ4v) is 2.26. The molecule has 1 heterocycles. The third kappa shape index (κ3) is 4.23. The number of phenols is 1. The van der Waals surface area contributed by atoms with Gasteiger partial charge >= 0.3 is 0 Å². The van der Waals surface area contributed by atoms with E-state index in [1.54, 1.807) is 48.7 Å². The number of hydrogen-bond donors (Lipinski definition) is 5. The number of nitrogens with two attached hydrogens (primary N) is 1. The molecule has 6 N–H and O–H groups in total. The summed E-state index contributed by atoms with van der Waals surface area (Å²) < 4.78 is 0. The van der Waals surface area contributed by atoms with Gasteiger partial charge in [-0.15, -0.1) is 0 Å². The van der Waals surface area contributed by atoms with Gasteiger partial charge in [0, 0.05) is 23.6 Å². The number of nitrogens with zero attached hydrogens (tertiary/aromatic N) is 2. The van der Waals surface area contributed by atoms with Crippen molar-refractivity contribution in [3.05, 3.63) is 65.9 Å². The molecule has 0 saturated heterocycles. The highest BCUT2D eigenvalue weighted by Crippen LogP contribution is 2.24.